The van der Waals surface area contributed by atoms with Crippen molar-refractivity contribution in [3.63, 3.8) is 0 Å². The number of anilines is 2. The number of sulfonamides is 1. The second-order valence-corrected chi connectivity index (χ2v) is 5.81. The number of imidazole rings is 1. The van der Waals surface area contributed by atoms with Crippen LogP contribution in [0.25, 0.3) is 5.95 Å². The number of primary sulfonamides is 1. The van der Waals surface area contributed by atoms with Crippen LogP contribution < -0.4 is 15.8 Å². The Hall–Kier alpha value is -2.27. The quantitative estimate of drug-likeness (QED) is 0.603. The van der Waals surface area contributed by atoms with E-state index in [-0.39, 0.29) is 18.2 Å². The van der Waals surface area contributed by atoms with E-state index < -0.39 is 10.0 Å². The van der Waals surface area contributed by atoms with Crippen LogP contribution in [-0.2, 0) is 10.0 Å². The Morgan fingerprint density at radius 3 is 2.52 bits per heavy atom. The van der Waals surface area contributed by atoms with Gasteiger partial charge in [0.25, 0.3) is 0 Å². The molecular weight excluding hydrogens is 296 g/mol. The first-order chi connectivity index (χ1) is 9.98. The van der Waals surface area contributed by atoms with Crippen molar-refractivity contribution in [3.05, 3.63) is 18.7 Å². The van der Waals surface area contributed by atoms with Gasteiger partial charge in [-0.05, 0) is 6.92 Å². The number of nitrogens with two attached hydrogens (primary N) is 1. The second kappa shape index (κ2) is 6.45. The highest BCUT2D eigenvalue weighted by molar-refractivity contribution is 7.89. The molecule has 10 nitrogen and oxygen atoms in total. The average Bonchev–Trinajstić information content (AvgIpc) is 2.91. The van der Waals surface area contributed by atoms with Crippen LogP contribution in [0.2, 0.25) is 0 Å². The van der Waals surface area contributed by atoms with Crippen LogP contribution >= 0.6 is 0 Å². The highest BCUT2D eigenvalue weighted by Gasteiger charge is 2.08. The first-order valence-corrected chi connectivity index (χ1v) is 7.92. The van der Waals surface area contributed by atoms with E-state index in [0.29, 0.717) is 18.4 Å². The Kier molecular flexibility index (Phi) is 4.65. The van der Waals surface area contributed by atoms with E-state index in [4.69, 9.17) is 5.14 Å². The van der Waals surface area contributed by atoms with Crippen LogP contribution in [0, 0.1) is 0 Å². The van der Waals surface area contributed by atoms with Gasteiger partial charge < -0.3 is 10.6 Å². The highest BCUT2D eigenvalue weighted by Crippen LogP contribution is 2.08. The fraction of sp³-hybridized carbons (Fsp3) is 0.400. The zero-order valence-electron chi connectivity index (χ0n) is 11.4. The molecule has 114 valence electrons. The van der Waals surface area contributed by atoms with Crippen molar-refractivity contribution in [3.8, 4) is 5.95 Å². The summed E-state index contributed by atoms with van der Waals surface area (Å²) < 4.78 is 23.4. The summed E-state index contributed by atoms with van der Waals surface area (Å²) in [6, 6.07) is 0. The molecule has 2 aromatic rings. The Bertz CT molecular complexity index is 685. The molecular formula is C10H16N8O2S. The van der Waals surface area contributed by atoms with Gasteiger partial charge in [-0.1, -0.05) is 0 Å². The highest BCUT2D eigenvalue weighted by atomic mass is 32.2. The van der Waals surface area contributed by atoms with Gasteiger partial charge in [0.2, 0.25) is 27.9 Å². The third-order valence-corrected chi connectivity index (χ3v) is 3.14. The van der Waals surface area contributed by atoms with Gasteiger partial charge in [0, 0.05) is 25.5 Å². The number of hydrogen-bond acceptors (Lipinski definition) is 8. The molecule has 0 amide bonds. The van der Waals surface area contributed by atoms with E-state index in [1.807, 2.05) is 6.92 Å². The molecule has 2 rings (SSSR count). The number of rotatable bonds is 7. The third-order valence-electron chi connectivity index (χ3n) is 2.36. The van der Waals surface area contributed by atoms with Gasteiger partial charge in [-0.3, -0.25) is 4.57 Å². The van der Waals surface area contributed by atoms with Gasteiger partial charge in [-0.25, -0.2) is 18.5 Å². The van der Waals surface area contributed by atoms with Gasteiger partial charge in [-0.2, -0.15) is 15.0 Å². The van der Waals surface area contributed by atoms with Crippen LogP contribution in [0.15, 0.2) is 18.7 Å². The maximum absolute atomic E-state index is 10.9. The lowest BCUT2D eigenvalue weighted by molar-refractivity contribution is 0.598. The molecule has 0 aliphatic heterocycles. The lowest BCUT2D eigenvalue weighted by Gasteiger charge is -2.09. The van der Waals surface area contributed by atoms with Crippen molar-refractivity contribution in [1.82, 2.24) is 24.5 Å². The minimum atomic E-state index is -3.53. The lowest BCUT2D eigenvalue weighted by Crippen LogP contribution is -2.23. The second-order valence-electron chi connectivity index (χ2n) is 4.08. The molecule has 0 aliphatic rings. The minimum absolute atomic E-state index is 0.109. The van der Waals surface area contributed by atoms with Crippen molar-refractivity contribution >= 4 is 21.9 Å². The van der Waals surface area contributed by atoms with Gasteiger partial charge in [0.15, 0.2) is 0 Å². The monoisotopic (exact) mass is 312 g/mol. The number of nitrogens with zero attached hydrogens (tertiary/aromatic N) is 5. The maximum Gasteiger partial charge on any atom is 0.241 e. The fourth-order valence-electron chi connectivity index (χ4n) is 1.48. The van der Waals surface area contributed by atoms with Gasteiger partial charge in [-0.15, -0.1) is 0 Å². The van der Waals surface area contributed by atoms with Crippen LogP contribution in [0.5, 0.6) is 0 Å². The third kappa shape index (κ3) is 4.65. The molecule has 0 saturated carbocycles. The SMILES string of the molecule is CCNc1nc(NCCS(N)(=O)=O)nc(-n2ccnc2)n1. The minimum Gasteiger partial charge on any atom is -0.354 e. The molecule has 0 spiro atoms. The summed E-state index contributed by atoms with van der Waals surface area (Å²) in [5, 5.41) is 10.7. The van der Waals surface area contributed by atoms with Crippen molar-refractivity contribution in [2.24, 2.45) is 5.14 Å². The number of nitrogens with one attached hydrogen (secondary N) is 2. The number of aromatic nitrogens is 5. The summed E-state index contributed by atoms with van der Waals surface area (Å²) in [5.74, 6) is 0.800. The summed E-state index contributed by atoms with van der Waals surface area (Å²) in [5.41, 5.74) is 0. The van der Waals surface area contributed by atoms with Crippen molar-refractivity contribution in [1.29, 1.82) is 0 Å². The van der Waals surface area contributed by atoms with E-state index in [2.05, 4.69) is 30.6 Å². The summed E-state index contributed by atoms with van der Waals surface area (Å²) in [6.45, 7) is 2.66. The van der Waals surface area contributed by atoms with Crippen LogP contribution in [0.4, 0.5) is 11.9 Å². The zero-order valence-corrected chi connectivity index (χ0v) is 12.2. The molecule has 0 fully saturated rings. The van der Waals surface area contributed by atoms with Crippen LogP contribution in [0.3, 0.4) is 0 Å². The molecule has 0 radical (unpaired) electrons. The molecule has 0 bridgehead atoms. The predicted octanol–water partition coefficient (Wildman–Crippen LogP) is -0.810. The van der Waals surface area contributed by atoms with E-state index >= 15 is 0 Å². The van der Waals surface area contributed by atoms with Gasteiger partial charge >= 0.3 is 0 Å². The molecule has 0 atom stereocenters. The molecule has 2 heterocycles. The smallest absolute Gasteiger partial charge is 0.241 e. The number of hydrogen-bond donors (Lipinski definition) is 3. The average molecular weight is 312 g/mol. The topological polar surface area (TPSA) is 141 Å². The summed E-state index contributed by atoms with van der Waals surface area (Å²) in [4.78, 5) is 16.5. The normalized spacial score (nSPS) is 11.3. The Morgan fingerprint density at radius 2 is 1.95 bits per heavy atom. The van der Waals surface area contributed by atoms with Crippen LogP contribution in [-0.4, -0.2) is 51.8 Å². The van der Waals surface area contributed by atoms with Crippen molar-refractivity contribution < 1.29 is 8.42 Å². The van der Waals surface area contributed by atoms with Crippen LogP contribution in [0.1, 0.15) is 6.92 Å². The summed E-state index contributed by atoms with van der Waals surface area (Å²) in [6.07, 6.45) is 4.85. The molecule has 21 heavy (non-hydrogen) atoms. The van der Waals surface area contributed by atoms with Gasteiger partial charge in [0.1, 0.15) is 6.33 Å². The Balaban J connectivity index is 2.19. The van der Waals surface area contributed by atoms with Gasteiger partial charge in [0.05, 0.1) is 5.75 Å². The fourth-order valence-corrected chi connectivity index (χ4v) is 1.87. The first kappa shape index (κ1) is 15.1. The molecule has 0 unspecified atom stereocenters. The Labute approximate surface area is 121 Å². The standard InChI is InChI=1S/C10H16N8O2S/c1-2-13-8-15-9(14-4-6-21(11,19)20)17-10(16-8)18-5-3-12-7-18/h3,5,7H,2,4,6H2,1H3,(H2,11,19,20)(H2,13,14,15,16,17). The van der Waals surface area contributed by atoms with E-state index in [0.717, 1.165) is 0 Å². The molecule has 2 aromatic heterocycles. The molecule has 11 heteroatoms. The van der Waals surface area contributed by atoms with E-state index in [1.54, 1.807) is 23.3 Å². The largest absolute Gasteiger partial charge is 0.354 e. The summed E-state index contributed by atoms with van der Waals surface area (Å²) >= 11 is 0. The predicted molar refractivity (Wildman–Crippen MR) is 77.6 cm³/mol. The maximum atomic E-state index is 10.9. The van der Waals surface area contributed by atoms with Crippen molar-refractivity contribution in [2.45, 2.75) is 6.92 Å². The lowest BCUT2D eigenvalue weighted by atomic mass is 10.7. The van der Waals surface area contributed by atoms with Crippen molar-refractivity contribution in [2.75, 3.05) is 29.5 Å². The Morgan fingerprint density at radius 1 is 1.24 bits per heavy atom. The molecule has 0 aliphatic carbocycles. The first-order valence-electron chi connectivity index (χ1n) is 6.20. The van der Waals surface area contributed by atoms with E-state index in [9.17, 15) is 8.42 Å². The molecule has 0 saturated heterocycles. The molecule has 0 aromatic carbocycles. The zero-order chi connectivity index (χ0) is 15.3. The summed E-state index contributed by atoms with van der Waals surface area (Å²) in [7, 11) is -3.53. The molecule has 4 N–H and O–H groups in total. The van der Waals surface area contributed by atoms with E-state index in [1.165, 1.54) is 0 Å².